The van der Waals surface area contributed by atoms with Gasteiger partial charge in [0.25, 0.3) is 11.5 Å². The third-order valence-electron chi connectivity index (χ3n) is 4.22. The molecule has 2 N–H and O–H groups in total. The summed E-state index contributed by atoms with van der Waals surface area (Å²) in [5.41, 5.74) is 0.246. The third kappa shape index (κ3) is 3.16. The number of H-pyrrole nitrogens is 1. The number of benzene rings is 1. The number of hydrogen-bond acceptors (Lipinski definition) is 4. The van der Waals surface area contributed by atoms with E-state index < -0.39 is 17.6 Å². The van der Waals surface area contributed by atoms with Gasteiger partial charge in [0.1, 0.15) is 5.56 Å². The lowest BCUT2D eigenvalue weighted by Crippen LogP contribution is -2.40. The van der Waals surface area contributed by atoms with Crippen LogP contribution < -0.4 is 5.56 Å². The molecule has 1 aromatic heterocycles. The monoisotopic (exact) mass is 329 g/mol. The average Bonchev–Trinajstić information content (AvgIpc) is 2.75. The van der Waals surface area contributed by atoms with Gasteiger partial charge in [0.15, 0.2) is 0 Å². The van der Waals surface area contributed by atoms with E-state index in [9.17, 15) is 19.5 Å². The SMILES string of the molecule is CC(=O)N1CCN(C(=O)c2cc3ccccc3[nH]c2=O)C[C@H](O)C1. The lowest BCUT2D eigenvalue weighted by atomic mass is 10.1. The van der Waals surface area contributed by atoms with Gasteiger partial charge in [0.2, 0.25) is 5.91 Å². The Morgan fingerprint density at radius 2 is 1.83 bits per heavy atom. The molecule has 2 heterocycles. The van der Waals surface area contributed by atoms with Crippen molar-refractivity contribution >= 4 is 22.7 Å². The summed E-state index contributed by atoms with van der Waals surface area (Å²) in [6.45, 7) is 2.33. The second kappa shape index (κ2) is 6.45. The highest BCUT2D eigenvalue weighted by atomic mass is 16.3. The number of aromatic amines is 1. The number of amides is 2. The van der Waals surface area contributed by atoms with Crippen LogP contribution in [0.25, 0.3) is 10.9 Å². The molecular weight excluding hydrogens is 310 g/mol. The highest BCUT2D eigenvalue weighted by Gasteiger charge is 2.27. The van der Waals surface area contributed by atoms with Crippen LogP contribution in [-0.2, 0) is 4.79 Å². The highest BCUT2D eigenvalue weighted by molar-refractivity contribution is 5.97. The van der Waals surface area contributed by atoms with E-state index in [1.165, 1.54) is 16.7 Å². The molecule has 1 saturated heterocycles. The van der Waals surface area contributed by atoms with Crippen LogP contribution in [0.4, 0.5) is 0 Å². The minimum atomic E-state index is -0.833. The molecule has 1 aliphatic rings. The van der Waals surface area contributed by atoms with Crippen LogP contribution in [0.15, 0.2) is 35.1 Å². The predicted molar refractivity (Wildman–Crippen MR) is 88.7 cm³/mol. The molecule has 2 aromatic rings. The number of pyridine rings is 1. The maximum atomic E-state index is 12.7. The molecule has 7 nitrogen and oxygen atoms in total. The number of rotatable bonds is 1. The van der Waals surface area contributed by atoms with Gasteiger partial charge in [-0.25, -0.2) is 0 Å². The minimum Gasteiger partial charge on any atom is -0.389 e. The first kappa shape index (κ1) is 16.2. The van der Waals surface area contributed by atoms with Crippen molar-refractivity contribution in [2.24, 2.45) is 0 Å². The van der Waals surface area contributed by atoms with Crippen molar-refractivity contribution < 1.29 is 14.7 Å². The lowest BCUT2D eigenvalue weighted by Gasteiger charge is -2.21. The van der Waals surface area contributed by atoms with Gasteiger partial charge >= 0.3 is 0 Å². The molecule has 0 aliphatic carbocycles. The Morgan fingerprint density at radius 1 is 1.17 bits per heavy atom. The summed E-state index contributed by atoms with van der Waals surface area (Å²) < 4.78 is 0. The Morgan fingerprint density at radius 3 is 2.58 bits per heavy atom. The number of aliphatic hydroxyl groups excluding tert-OH is 1. The maximum Gasteiger partial charge on any atom is 0.261 e. The fourth-order valence-electron chi connectivity index (χ4n) is 2.94. The molecule has 0 bridgehead atoms. The fourth-order valence-corrected chi connectivity index (χ4v) is 2.94. The first-order chi connectivity index (χ1) is 11.5. The zero-order valence-corrected chi connectivity index (χ0v) is 13.4. The molecule has 7 heteroatoms. The summed E-state index contributed by atoms with van der Waals surface area (Å²) in [5.74, 6) is -0.585. The number of para-hydroxylation sites is 1. The number of fused-ring (bicyclic) bond motifs is 1. The van der Waals surface area contributed by atoms with Gasteiger partial charge in [-0.05, 0) is 17.5 Å². The molecule has 1 atom stereocenters. The van der Waals surface area contributed by atoms with E-state index >= 15 is 0 Å². The van der Waals surface area contributed by atoms with E-state index in [0.717, 1.165) is 5.39 Å². The van der Waals surface area contributed by atoms with Gasteiger partial charge in [-0.15, -0.1) is 0 Å². The van der Waals surface area contributed by atoms with E-state index in [2.05, 4.69) is 4.98 Å². The number of carbonyl (C=O) groups is 2. The predicted octanol–water partition coefficient (Wildman–Crippen LogP) is 0.193. The number of nitrogens with zero attached hydrogens (tertiary/aromatic N) is 2. The smallest absolute Gasteiger partial charge is 0.261 e. The number of aromatic nitrogens is 1. The van der Waals surface area contributed by atoms with E-state index in [1.807, 2.05) is 12.1 Å². The summed E-state index contributed by atoms with van der Waals surface area (Å²) in [5, 5.41) is 10.8. The van der Waals surface area contributed by atoms with E-state index in [4.69, 9.17) is 0 Å². The van der Waals surface area contributed by atoms with Crippen molar-refractivity contribution in [3.63, 3.8) is 0 Å². The molecule has 1 aromatic carbocycles. The molecule has 3 rings (SSSR count). The number of hydrogen-bond donors (Lipinski definition) is 2. The second-order valence-electron chi connectivity index (χ2n) is 5.97. The Balaban J connectivity index is 1.90. The Kier molecular flexibility index (Phi) is 4.35. The molecule has 0 saturated carbocycles. The largest absolute Gasteiger partial charge is 0.389 e. The van der Waals surface area contributed by atoms with Gasteiger partial charge in [-0.1, -0.05) is 18.2 Å². The molecule has 0 unspecified atom stereocenters. The van der Waals surface area contributed by atoms with Crippen molar-refractivity contribution in [1.82, 2.24) is 14.8 Å². The van der Waals surface area contributed by atoms with Crippen LogP contribution in [-0.4, -0.2) is 64.0 Å². The lowest BCUT2D eigenvalue weighted by molar-refractivity contribution is -0.129. The van der Waals surface area contributed by atoms with Crippen molar-refractivity contribution in [2.75, 3.05) is 26.2 Å². The van der Waals surface area contributed by atoms with Gasteiger partial charge < -0.3 is 19.9 Å². The molecule has 2 amide bonds. The Labute approximate surface area is 138 Å². The Bertz CT molecular complexity index is 845. The van der Waals surface area contributed by atoms with Crippen LogP contribution in [0.5, 0.6) is 0 Å². The van der Waals surface area contributed by atoms with Gasteiger partial charge in [-0.2, -0.15) is 0 Å². The number of nitrogens with one attached hydrogen (secondary N) is 1. The van der Waals surface area contributed by atoms with Gasteiger partial charge in [0, 0.05) is 38.6 Å². The van der Waals surface area contributed by atoms with E-state index in [-0.39, 0.29) is 31.1 Å². The van der Waals surface area contributed by atoms with Gasteiger partial charge in [-0.3, -0.25) is 14.4 Å². The molecule has 126 valence electrons. The van der Waals surface area contributed by atoms with Crippen LogP contribution in [0.3, 0.4) is 0 Å². The van der Waals surface area contributed by atoms with Crippen LogP contribution >= 0.6 is 0 Å². The maximum absolute atomic E-state index is 12.7. The molecule has 0 spiro atoms. The summed E-state index contributed by atoms with van der Waals surface area (Å²) in [6.07, 6.45) is -0.833. The summed E-state index contributed by atoms with van der Waals surface area (Å²) in [4.78, 5) is 42.1. The quantitative estimate of drug-likeness (QED) is 0.781. The van der Waals surface area contributed by atoms with Crippen LogP contribution in [0.2, 0.25) is 0 Å². The average molecular weight is 329 g/mol. The minimum absolute atomic E-state index is 0.0391. The van der Waals surface area contributed by atoms with Gasteiger partial charge in [0.05, 0.1) is 6.10 Å². The van der Waals surface area contributed by atoms with E-state index in [0.29, 0.717) is 12.1 Å². The molecule has 24 heavy (non-hydrogen) atoms. The molecule has 1 fully saturated rings. The number of β-amino-alcohol motifs (C(OH)–C–C–N with tert-alkyl or cyclic N) is 1. The standard InChI is InChI=1S/C17H19N3O4/c1-11(21)19-6-7-20(10-13(22)9-19)17(24)14-8-12-4-2-3-5-15(12)18-16(14)23/h2-5,8,13,22H,6-7,9-10H2,1H3,(H,18,23)/t13-/m1/s1. The van der Waals surface area contributed by atoms with Crippen molar-refractivity contribution in [3.05, 3.63) is 46.2 Å². The van der Waals surface area contributed by atoms with Crippen molar-refractivity contribution in [3.8, 4) is 0 Å². The molecule has 1 aliphatic heterocycles. The first-order valence-electron chi connectivity index (χ1n) is 7.80. The van der Waals surface area contributed by atoms with E-state index in [1.54, 1.807) is 18.2 Å². The van der Waals surface area contributed by atoms with Crippen LogP contribution in [0, 0.1) is 0 Å². The highest BCUT2D eigenvalue weighted by Crippen LogP contribution is 2.13. The summed E-state index contributed by atoms with van der Waals surface area (Å²) in [6, 6.07) is 8.79. The summed E-state index contributed by atoms with van der Waals surface area (Å²) in [7, 11) is 0. The van der Waals surface area contributed by atoms with Crippen molar-refractivity contribution in [2.45, 2.75) is 13.0 Å². The molecular formula is C17H19N3O4. The third-order valence-corrected chi connectivity index (χ3v) is 4.22. The summed E-state index contributed by atoms with van der Waals surface area (Å²) >= 11 is 0. The topological polar surface area (TPSA) is 93.7 Å². The second-order valence-corrected chi connectivity index (χ2v) is 5.97. The van der Waals surface area contributed by atoms with Crippen molar-refractivity contribution in [1.29, 1.82) is 0 Å². The first-order valence-corrected chi connectivity index (χ1v) is 7.80. The number of aliphatic hydroxyl groups is 1. The zero-order chi connectivity index (χ0) is 17.3. The Hall–Kier alpha value is -2.67. The number of carbonyl (C=O) groups excluding carboxylic acids is 2. The molecule has 0 radical (unpaired) electrons. The fraction of sp³-hybridized carbons (Fsp3) is 0.353. The van der Waals surface area contributed by atoms with Crippen LogP contribution in [0.1, 0.15) is 17.3 Å². The normalized spacial score (nSPS) is 18.5. The zero-order valence-electron chi connectivity index (χ0n) is 13.4.